The molecule has 0 spiro atoms. The van der Waals surface area contributed by atoms with Crippen molar-refractivity contribution in [1.29, 1.82) is 0 Å². The molecule has 2 nitrogen and oxygen atoms in total. The summed E-state index contributed by atoms with van der Waals surface area (Å²) < 4.78 is 14.2. The van der Waals surface area contributed by atoms with Crippen molar-refractivity contribution in [2.24, 2.45) is 5.92 Å². The van der Waals surface area contributed by atoms with E-state index in [-0.39, 0.29) is 10.8 Å². The average Bonchev–Trinajstić information content (AvgIpc) is 2.45. The quantitative estimate of drug-likeness (QED) is 0.881. The molecular weight excluding hydrogens is 287 g/mol. The number of piperazine rings is 1. The van der Waals surface area contributed by atoms with E-state index in [1.165, 1.54) is 0 Å². The fourth-order valence-corrected chi connectivity index (χ4v) is 3.26. The van der Waals surface area contributed by atoms with Gasteiger partial charge in [-0.2, -0.15) is 0 Å². The standard InChI is InChI=1S/C17H26ClFN2/c1-4-14-11-21(15(9-20-14)8-12(2)3)10-13-6-5-7-16(18)17(13)19/h5-7,12,14-15,20H,4,8-11H2,1-3H3. The zero-order valence-electron chi connectivity index (χ0n) is 13.2. The van der Waals surface area contributed by atoms with Crippen molar-refractivity contribution in [2.75, 3.05) is 13.1 Å². The zero-order chi connectivity index (χ0) is 15.4. The van der Waals surface area contributed by atoms with Crippen molar-refractivity contribution >= 4 is 11.6 Å². The lowest BCUT2D eigenvalue weighted by Crippen LogP contribution is -2.56. The van der Waals surface area contributed by atoms with Crippen molar-refractivity contribution in [3.63, 3.8) is 0 Å². The highest BCUT2D eigenvalue weighted by Gasteiger charge is 2.28. The first-order valence-electron chi connectivity index (χ1n) is 7.91. The van der Waals surface area contributed by atoms with E-state index in [4.69, 9.17) is 11.6 Å². The lowest BCUT2D eigenvalue weighted by atomic mass is 9.97. The maximum Gasteiger partial charge on any atom is 0.146 e. The van der Waals surface area contributed by atoms with Crippen molar-refractivity contribution in [1.82, 2.24) is 10.2 Å². The second kappa shape index (κ2) is 7.57. The van der Waals surface area contributed by atoms with Gasteiger partial charge in [0.2, 0.25) is 0 Å². The van der Waals surface area contributed by atoms with Gasteiger partial charge in [-0.1, -0.05) is 44.5 Å². The molecule has 21 heavy (non-hydrogen) atoms. The predicted octanol–water partition coefficient (Wildman–Crippen LogP) is 4.08. The van der Waals surface area contributed by atoms with E-state index >= 15 is 0 Å². The Bertz CT molecular complexity index is 464. The van der Waals surface area contributed by atoms with Gasteiger partial charge in [-0.05, 0) is 24.8 Å². The van der Waals surface area contributed by atoms with Gasteiger partial charge >= 0.3 is 0 Å². The molecule has 1 N–H and O–H groups in total. The van der Waals surface area contributed by atoms with Crippen LogP contribution in [0.5, 0.6) is 0 Å². The number of rotatable bonds is 5. The third kappa shape index (κ3) is 4.41. The minimum absolute atomic E-state index is 0.218. The van der Waals surface area contributed by atoms with Gasteiger partial charge in [0, 0.05) is 37.3 Å². The smallest absolute Gasteiger partial charge is 0.146 e. The van der Waals surface area contributed by atoms with Crippen LogP contribution < -0.4 is 5.32 Å². The molecule has 0 aliphatic carbocycles. The van der Waals surface area contributed by atoms with Crippen molar-refractivity contribution in [3.8, 4) is 0 Å². The van der Waals surface area contributed by atoms with E-state index in [2.05, 4.69) is 31.0 Å². The van der Waals surface area contributed by atoms with Crippen LogP contribution in [0.25, 0.3) is 0 Å². The topological polar surface area (TPSA) is 15.3 Å². The molecule has 2 unspecified atom stereocenters. The maximum absolute atomic E-state index is 14.2. The Morgan fingerprint density at radius 1 is 1.43 bits per heavy atom. The fourth-order valence-electron chi connectivity index (χ4n) is 3.06. The first-order valence-corrected chi connectivity index (χ1v) is 8.29. The molecule has 1 aliphatic heterocycles. The molecular formula is C17H26ClFN2. The summed E-state index contributed by atoms with van der Waals surface area (Å²) in [6.45, 7) is 9.27. The molecule has 1 aromatic rings. The van der Waals surface area contributed by atoms with Gasteiger partial charge in [-0.25, -0.2) is 4.39 Å². The monoisotopic (exact) mass is 312 g/mol. The predicted molar refractivity (Wildman–Crippen MR) is 87.1 cm³/mol. The van der Waals surface area contributed by atoms with E-state index in [0.29, 0.717) is 30.1 Å². The van der Waals surface area contributed by atoms with E-state index < -0.39 is 0 Å². The van der Waals surface area contributed by atoms with Crippen molar-refractivity contribution in [2.45, 2.75) is 52.2 Å². The summed E-state index contributed by atoms with van der Waals surface area (Å²) >= 11 is 5.90. The highest BCUT2D eigenvalue weighted by atomic mass is 35.5. The zero-order valence-corrected chi connectivity index (χ0v) is 14.0. The summed E-state index contributed by atoms with van der Waals surface area (Å²) in [4.78, 5) is 2.42. The molecule has 1 fully saturated rings. The summed E-state index contributed by atoms with van der Waals surface area (Å²) in [6.07, 6.45) is 2.23. The molecule has 0 saturated carbocycles. The Balaban J connectivity index is 2.13. The Morgan fingerprint density at radius 3 is 2.86 bits per heavy atom. The summed E-state index contributed by atoms with van der Waals surface area (Å²) in [7, 11) is 0. The van der Waals surface area contributed by atoms with Crippen LogP contribution in [-0.2, 0) is 6.54 Å². The molecule has 1 aliphatic rings. The minimum atomic E-state index is -0.269. The second-order valence-electron chi connectivity index (χ2n) is 6.44. The molecule has 1 heterocycles. The number of nitrogens with one attached hydrogen (secondary N) is 1. The van der Waals surface area contributed by atoms with E-state index in [1.807, 2.05) is 12.1 Å². The summed E-state index contributed by atoms with van der Waals surface area (Å²) in [6, 6.07) is 6.24. The summed E-state index contributed by atoms with van der Waals surface area (Å²) in [5.74, 6) is 0.371. The van der Waals surface area contributed by atoms with Gasteiger partial charge < -0.3 is 5.32 Å². The maximum atomic E-state index is 14.2. The van der Waals surface area contributed by atoms with Crippen LogP contribution in [0.1, 0.15) is 39.2 Å². The summed E-state index contributed by atoms with van der Waals surface area (Å²) in [5, 5.41) is 3.82. The van der Waals surface area contributed by atoms with Crippen LogP contribution in [0.3, 0.4) is 0 Å². The van der Waals surface area contributed by atoms with Gasteiger partial charge in [0.05, 0.1) is 5.02 Å². The van der Waals surface area contributed by atoms with Crippen LogP contribution in [0.15, 0.2) is 18.2 Å². The molecule has 0 aromatic heterocycles. The van der Waals surface area contributed by atoms with Crippen molar-refractivity contribution in [3.05, 3.63) is 34.6 Å². The van der Waals surface area contributed by atoms with Gasteiger partial charge in [0.1, 0.15) is 5.82 Å². The van der Waals surface area contributed by atoms with Crippen LogP contribution in [0.2, 0.25) is 5.02 Å². The highest BCUT2D eigenvalue weighted by Crippen LogP contribution is 2.23. The van der Waals surface area contributed by atoms with E-state index in [9.17, 15) is 4.39 Å². The molecule has 2 atom stereocenters. The van der Waals surface area contributed by atoms with Crippen LogP contribution in [0.4, 0.5) is 4.39 Å². The molecule has 0 radical (unpaired) electrons. The van der Waals surface area contributed by atoms with Crippen LogP contribution in [0, 0.1) is 11.7 Å². The highest BCUT2D eigenvalue weighted by molar-refractivity contribution is 6.30. The second-order valence-corrected chi connectivity index (χ2v) is 6.85. The largest absolute Gasteiger partial charge is 0.311 e. The Morgan fingerprint density at radius 2 is 2.19 bits per heavy atom. The molecule has 1 saturated heterocycles. The molecule has 0 bridgehead atoms. The Kier molecular flexibility index (Phi) is 6.03. The van der Waals surface area contributed by atoms with Gasteiger partial charge in [-0.15, -0.1) is 0 Å². The lowest BCUT2D eigenvalue weighted by Gasteiger charge is -2.41. The van der Waals surface area contributed by atoms with Crippen molar-refractivity contribution < 1.29 is 4.39 Å². The SMILES string of the molecule is CCC1CN(Cc2cccc(Cl)c2F)C(CC(C)C)CN1. The fraction of sp³-hybridized carbons (Fsp3) is 0.647. The van der Waals surface area contributed by atoms with Gasteiger partial charge in [0.15, 0.2) is 0 Å². The van der Waals surface area contributed by atoms with E-state index in [1.54, 1.807) is 6.07 Å². The average molecular weight is 313 g/mol. The number of hydrogen-bond acceptors (Lipinski definition) is 2. The molecule has 118 valence electrons. The number of nitrogens with zero attached hydrogens (tertiary/aromatic N) is 1. The number of hydrogen-bond donors (Lipinski definition) is 1. The Hall–Kier alpha value is -0.640. The lowest BCUT2D eigenvalue weighted by molar-refractivity contribution is 0.104. The van der Waals surface area contributed by atoms with Crippen LogP contribution >= 0.6 is 11.6 Å². The molecule has 2 rings (SSSR count). The first kappa shape index (κ1) is 16.7. The van der Waals surface area contributed by atoms with Crippen LogP contribution in [-0.4, -0.2) is 30.1 Å². The van der Waals surface area contributed by atoms with Gasteiger partial charge in [0.25, 0.3) is 0 Å². The number of halogens is 2. The minimum Gasteiger partial charge on any atom is -0.311 e. The normalized spacial score (nSPS) is 23.7. The third-order valence-corrected chi connectivity index (χ3v) is 4.55. The summed E-state index contributed by atoms with van der Waals surface area (Å²) in [5.41, 5.74) is 0.702. The molecule has 0 amide bonds. The molecule has 1 aromatic carbocycles. The van der Waals surface area contributed by atoms with Gasteiger partial charge in [-0.3, -0.25) is 4.90 Å². The number of benzene rings is 1. The molecule has 4 heteroatoms. The van der Waals surface area contributed by atoms with E-state index in [0.717, 1.165) is 25.9 Å². The Labute approximate surface area is 132 Å². The third-order valence-electron chi connectivity index (χ3n) is 4.25. The first-order chi connectivity index (χ1) is 10.0.